The van der Waals surface area contributed by atoms with Crippen molar-refractivity contribution in [1.29, 1.82) is 0 Å². The molecule has 2 aromatic carbocycles. The number of hydrogen-bond donors (Lipinski definition) is 0. The minimum atomic E-state index is 0.790. The number of aromatic nitrogens is 1. The zero-order valence-electron chi connectivity index (χ0n) is 10.9. The number of benzene rings is 2. The van der Waals surface area contributed by atoms with Gasteiger partial charge < -0.3 is 4.57 Å². The lowest BCUT2D eigenvalue weighted by Crippen LogP contribution is -2.03. The van der Waals surface area contributed by atoms with Crippen LogP contribution in [0.5, 0.6) is 0 Å². The van der Waals surface area contributed by atoms with Crippen LogP contribution in [0.3, 0.4) is 0 Å². The Hall–Kier alpha value is -1.73. The first-order valence-corrected chi connectivity index (χ1v) is 6.89. The Labute approximate surface area is 118 Å². The summed E-state index contributed by atoms with van der Waals surface area (Å²) < 4.78 is 2.34. The fourth-order valence-electron chi connectivity index (χ4n) is 2.49. The first-order valence-electron chi connectivity index (χ1n) is 6.51. The highest BCUT2D eigenvalue weighted by atomic mass is 35.5. The van der Waals surface area contributed by atoms with E-state index in [1.54, 1.807) is 0 Å². The lowest BCUT2D eigenvalue weighted by Gasteiger charge is -2.10. The average Bonchev–Trinajstić information content (AvgIpc) is 2.77. The summed E-state index contributed by atoms with van der Waals surface area (Å²) in [7, 11) is 0. The standard InChI is InChI=1S/C17H15ClN/c1-2-16-11-14-7-3-4-9-17(14)19(16)12-13-6-5-8-15(18)10-13/h3-6,8-11H,2,12H2,1H3. The highest BCUT2D eigenvalue weighted by Gasteiger charge is 2.07. The van der Waals surface area contributed by atoms with Crippen LogP contribution in [0.2, 0.25) is 5.02 Å². The molecule has 19 heavy (non-hydrogen) atoms. The molecule has 1 nitrogen and oxygen atoms in total. The minimum Gasteiger partial charge on any atom is -0.340 e. The Morgan fingerprint density at radius 3 is 2.84 bits per heavy atom. The molecule has 0 bridgehead atoms. The van der Waals surface area contributed by atoms with Crippen molar-refractivity contribution in [3.05, 3.63) is 70.9 Å². The van der Waals surface area contributed by atoms with E-state index < -0.39 is 0 Å². The number of halogens is 1. The van der Waals surface area contributed by atoms with Gasteiger partial charge in [-0.1, -0.05) is 42.8 Å². The van der Waals surface area contributed by atoms with Gasteiger partial charge in [-0.3, -0.25) is 0 Å². The lowest BCUT2D eigenvalue weighted by atomic mass is 10.2. The molecule has 0 unspecified atom stereocenters. The second kappa shape index (κ2) is 5.10. The van der Waals surface area contributed by atoms with E-state index in [-0.39, 0.29) is 0 Å². The van der Waals surface area contributed by atoms with Crippen molar-refractivity contribution in [2.75, 3.05) is 0 Å². The summed E-state index contributed by atoms with van der Waals surface area (Å²) in [5.74, 6) is 0. The van der Waals surface area contributed by atoms with Crippen molar-refractivity contribution in [3.8, 4) is 0 Å². The van der Waals surface area contributed by atoms with E-state index in [4.69, 9.17) is 11.6 Å². The smallest absolute Gasteiger partial charge is 0.0491 e. The normalized spacial score (nSPS) is 11.1. The van der Waals surface area contributed by atoms with Gasteiger partial charge in [0.1, 0.15) is 0 Å². The van der Waals surface area contributed by atoms with E-state index in [1.165, 1.54) is 22.2 Å². The monoisotopic (exact) mass is 268 g/mol. The fraction of sp³-hybridized carbons (Fsp3) is 0.176. The van der Waals surface area contributed by atoms with Crippen molar-refractivity contribution in [2.45, 2.75) is 19.9 Å². The number of aryl methyl sites for hydroxylation is 1. The molecule has 0 aliphatic carbocycles. The lowest BCUT2D eigenvalue weighted by molar-refractivity contribution is 0.776. The Morgan fingerprint density at radius 1 is 1.16 bits per heavy atom. The molecule has 0 saturated heterocycles. The Kier molecular flexibility index (Phi) is 3.31. The van der Waals surface area contributed by atoms with Crippen molar-refractivity contribution in [1.82, 2.24) is 4.57 Å². The second-order valence-electron chi connectivity index (χ2n) is 4.67. The third kappa shape index (κ3) is 2.39. The minimum absolute atomic E-state index is 0.790. The van der Waals surface area contributed by atoms with Gasteiger partial charge in [-0.15, -0.1) is 0 Å². The molecule has 0 fully saturated rings. The summed E-state index contributed by atoms with van der Waals surface area (Å²) in [5.41, 5.74) is 3.79. The quantitative estimate of drug-likeness (QED) is 0.649. The largest absolute Gasteiger partial charge is 0.340 e. The predicted octanol–water partition coefficient (Wildman–Crippen LogP) is 4.71. The molecule has 0 aliphatic heterocycles. The SMILES string of the molecule is CCc1cc2[c]cccc2n1Cc1cccc(Cl)c1. The topological polar surface area (TPSA) is 4.93 Å². The highest BCUT2D eigenvalue weighted by molar-refractivity contribution is 6.30. The molecule has 3 rings (SSSR count). The molecule has 3 aromatic rings. The maximum Gasteiger partial charge on any atom is 0.0491 e. The summed E-state index contributed by atoms with van der Waals surface area (Å²) in [5, 5.41) is 1.97. The van der Waals surface area contributed by atoms with Gasteiger partial charge in [0.15, 0.2) is 0 Å². The third-order valence-corrected chi connectivity index (χ3v) is 3.64. The van der Waals surface area contributed by atoms with Crippen LogP contribution in [0.4, 0.5) is 0 Å². The summed E-state index contributed by atoms with van der Waals surface area (Å²) in [4.78, 5) is 0. The molecular formula is C17H15ClN. The second-order valence-corrected chi connectivity index (χ2v) is 5.11. The first kappa shape index (κ1) is 12.3. The van der Waals surface area contributed by atoms with E-state index in [0.717, 1.165) is 18.0 Å². The zero-order valence-corrected chi connectivity index (χ0v) is 11.6. The van der Waals surface area contributed by atoms with E-state index in [0.29, 0.717) is 0 Å². The molecule has 1 aromatic heterocycles. The van der Waals surface area contributed by atoms with Crippen LogP contribution in [-0.4, -0.2) is 4.57 Å². The van der Waals surface area contributed by atoms with Gasteiger partial charge in [0, 0.05) is 28.2 Å². The highest BCUT2D eigenvalue weighted by Crippen LogP contribution is 2.22. The van der Waals surface area contributed by atoms with Gasteiger partial charge in [-0.05, 0) is 42.3 Å². The van der Waals surface area contributed by atoms with Crippen LogP contribution in [0.1, 0.15) is 18.2 Å². The predicted molar refractivity (Wildman–Crippen MR) is 80.7 cm³/mol. The van der Waals surface area contributed by atoms with Crippen LogP contribution in [0.25, 0.3) is 10.9 Å². The van der Waals surface area contributed by atoms with Gasteiger partial charge in [0.2, 0.25) is 0 Å². The number of nitrogens with zero attached hydrogens (tertiary/aromatic N) is 1. The van der Waals surface area contributed by atoms with Crippen LogP contribution in [-0.2, 0) is 13.0 Å². The number of hydrogen-bond acceptors (Lipinski definition) is 0. The van der Waals surface area contributed by atoms with Gasteiger partial charge in [0.05, 0.1) is 0 Å². The molecule has 0 saturated carbocycles. The molecule has 1 radical (unpaired) electrons. The van der Waals surface area contributed by atoms with Gasteiger partial charge in [-0.2, -0.15) is 0 Å². The summed E-state index contributed by atoms with van der Waals surface area (Å²) in [6.07, 6.45) is 1.02. The molecule has 1 heterocycles. The molecule has 0 spiro atoms. The van der Waals surface area contributed by atoms with E-state index >= 15 is 0 Å². The molecule has 0 amide bonds. The van der Waals surface area contributed by atoms with Crippen LogP contribution >= 0.6 is 11.6 Å². The molecule has 95 valence electrons. The first-order chi connectivity index (χ1) is 9.28. The van der Waals surface area contributed by atoms with Gasteiger partial charge in [-0.25, -0.2) is 0 Å². The van der Waals surface area contributed by atoms with Crippen molar-refractivity contribution in [3.63, 3.8) is 0 Å². The van der Waals surface area contributed by atoms with E-state index in [1.807, 2.05) is 30.3 Å². The number of fused-ring (bicyclic) bond motifs is 1. The molecule has 2 heteroatoms. The molecule has 0 atom stereocenters. The van der Waals surface area contributed by atoms with Crippen LogP contribution < -0.4 is 0 Å². The fourth-order valence-corrected chi connectivity index (χ4v) is 2.70. The van der Waals surface area contributed by atoms with Crippen LogP contribution in [0.15, 0.2) is 48.5 Å². The molecule has 0 aliphatic rings. The summed E-state index contributed by atoms with van der Waals surface area (Å²) >= 11 is 6.06. The molecule has 0 N–H and O–H groups in total. The zero-order chi connectivity index (χ0) is 13.2. The van der Waals surface area contributed by atoms with Crippen LogP contribution in [0, 0.1) is 6.07 Å². The Morgan fingerprint density at radius 2 is 2.05 bits per heavy atom. The maximum atomic E-state index is 6.06. The summed E-state index contributed by atoms with van der Waals surface area (Å²) in [6, 6.07) is 19.7. The van der Waals surface area contributed by atoms with E-state index in [9.17, 15) is 0 Å². The van der Waals surface area contributed by atoms with Gasteiger partial charge >= 0.3 is 0 Å². The Bertz CT molecular complexity index is 712. The number of rotatable bonds is 3. The van der Waals surface area contributed by atoms with Crippen molar-refractivity contribution >= 4 is 22.5 Å². The van der Waals surface area contributed by atoms with E-state index in [2.05, 4.69) is 35.8 Å². The maximum absolute atomic E-state index is 6.06. The average molecular weight is 269 g/mol. The summed E-state index contributed by atoms with van der Waals surface area (Å²) in [6.45, 7) is 3.04. The van der Waals surface area contributed by atoms with Crippen molar-refractivity contribution < 1.29 is 0 Å². The van der Waals surface area contributed by atoms with Crippen molar-refractivity contribution in [2.24, 2.45) is 0 Å². The van der Waals surface area contributed by atoms with Gasteiger partial charge in [0.25, 0.3) is 0 Å². The molecular weight excluding hydrogens is 254 g/mol. The third-order valence-electron chi connectivity index (χ3n) is 3.41. The Balaban J connectivity index is 2.08.